The number of thiophene rings is 1. The van der Waals surface area contributed by atoms with E-state index in [-0.39, 0.29) is 5.91 Å². The lowest BCUT2D eigenvalue weighted by atomic mass is 10.2. The second-order valence-electron chi connectivity index (χ2n) is 7.52. The Hall–Kier alpha value is -2.39. The summed E-state index contributed by atoms with van der Waals surface area (Å²) in [6.45, 7) is 5.95. The number of piperazine rings is 1. The second kappa shape index (κ2) is 9.00. The maximum absolute atomic E-state index is 13.1. The molecule has 3 aromatic heterocycles. The van der Waals surface area contributed by atoms with Crippen LogP contribution >= 0.6 is 34.0 Å². The Bertz CT molecular complexity index is 1160. The van der Waals surface area contributed by atoms with Crippen LogP contribution in [0.15, 0.2) is 52.5 Å². The van der Waals surface area contributed by atoms with E-state index in [4.69, 9.17) is 4.98 Å². The Labute approximate surface area is 193 Å². The van der Waals surface area contributed by atoms with Crippen LogP contribution in [0.3, 0.4) is 0 Å². The van der Waals surface area contributed by atoms with Gasteiger partial charge in [0.1, 0.15) is 14.9 Å². The van der Waals surface area contributed by atoms with Crippen LogP contribution in [0.2, 0.25) is 0 Å². The number of aryl methyl sites for hydroxylation is 1. The first-order chi connectivity index (χ1) is 15.2. The molecule has 1 aliphatic heterocycles. The third-order valence-corrected chi connectivity index (χ3v) is 8.19. The molecule has 0 N–H and O–H groups in total. The van der Waals surface area contributed by atoms with Crippen LogP contribution in [-0.4, -0.2) is 51.9 Å². The van der Waals surface area contributed by atoms with Gasteiger partial charge in [0, 0.05) is 54.6 Å². The van der Waals surface area contributed by atoms with Crippen molar-refractivity contribution >= 4 is 39.9 Å². The molecule has 1 saturated heterocycles. The summed E-state index contributed by atoms with van der Waals surface area (Å²) in [5, 5.41) is 8.25. The fraction of sp³-hybridized carbons (Fsp3) is 0.261. The van der Waals surface area contributed by atoms with Crippen LogP contribution in [-0.2, 0) is 6.54 Å². The number of hydrogen-bond donors (Lipinski definition) is 0. The number of aromatic nitrogens is 2. The highest BCUT2D eigenvalue weighted by atomic mass is 32.1. The molecule has 0 unspecified atom stereocenters. The largest absolute Gasteiger partial charge is 0.335 e. The number of nitrogens with zero attached hydrogens (tertiary/aromatic N) is 4. The fourth-order valence-electron chi connectivity index (χ4n) is 3.68. The summed E-state index contributed by atoms with van der Waals surface area (Å²) in [6.07, 6.45) is 0. The Morgan fingerprint density at radius 3 is 2.52 bits per heavy atom. The standard InChI is InChI=1S/C23H22N4OS3/c1-16-20(31-22(24-16)18-7-12-29-14-18)23(28)27-10-8-26(9-11-27)13-19-15-30-21(25-19)17-5-3-2-4-6-17/h2-7,12,14-15H,8-11,13H2,1H3. The van der Waals surface area contributed by atoms with Crippen LogP contribution in [0.4, 0.5) is 0 Å². The predicted octanol–water partition coefficient (Wildman–Crippen LogP) is 5.26. The van der Waals surface area contributed by atoms with Crippen molar-refractivity contribution < 1.29 is 4.79 Å². The molecule has 4 heterocycles. The molecule has 8 heteroatoms. The first-order valence-corrected chi connectivity index (χ1v) is 12.8. The normalized spacial score (nSPS) is 14.8. The van der Waals surface area contributed by atoms with Crippen molar-refractivity contribution in [3.63, 3.8) is 0 Å². The van der Waals surface area contributed by atoms with E-state index in [1.54, 1.807) is 22.7 Å². The van der Waals surface area contributed by atoms with E-state index >= 15 is 0 Å². The van der Waals surface area contributed by atoms with Crippen molar-refractivity contribution in [1.82, 2.24) is 19.8 Å². The third-order valence-electron chi connectivity index (χ3n) is 5.38. The number of carbonyl (C=O) groups is 1. The molecule has 0 atom stereocenters. The van der Waals surface area contributed by atoms with Crippen LogP contribution in [0.5, 0.6) is 0 Å². The summed E-state index contributed by atoms with van der Waals surface area (Å²) in [5.74, 6) is 0.108. The first kappa shape index (κ1) is 20.5. The molecule has 1 aromatic carbocycles. The van der Waals surface area contributed by atoms with Gasteiger partial charge in [-0.3, -0.25) is 9.69 Å². The summed E-state index contributed by atoms with van der Waals surface area (Å²) in [5.41, 5.74) is 4.19. The molecule has 1 aliphatic rings. The van der Waals surface area contributed by atoms with Gasteiger partial charge in [0.2, 0.25) is 0 Å². The summed E-state index contributed by atoms with van der Waals surface area (Å²) >= 11 is 4.84. The van der Waals surface area contributed by atoms with Gasteiger partial charge in [-0.15, -0.1) is 22.7 Å². The molecule has 0 bridgehead atoms. The van der Waals surface area contributed by atoms with Crippen molar-refractivity contribution in [2.24, 2.45) is 0 Å². The Morgan fingerprint density at radius 2 is 1.77 bits per heavy atom. The first-order valence-electron chi connectivity index (χ1n) is 10.2. The molecule has 31 heavy (non-hydrogen) atoms. The quantitative estimate of drug-likeness (QED) is 0.402. The van der Waals surface area contributed by atoms with Crippen LogP contribution in [0.1, 0.15) is 21.1 Å². The molecular weight excluding hydrogens is 444 g/mol. The molecule has 158 valence electrons. The summed E-state index contributed by atoms with van der Waals surface area (Å²) in [6, 6.07) is 12.4. The van der Waals surface area contributed by atoms with Crippen LogP contribution in [0, 0.1) is 6.92 Å². The van der Waals surface area contributed by atoms with Crippen LogP contribution in [0.25, 0.3) is 21.1 Å². The van der Waals surface area contributed by atoms with Gasteiger partial charge in [0.25, 0.3) is 5.91 Å². The fourth-order valence-corrected chi connectivity index (χ4v) is 6.24. The SMILES string of the molecule is Cc1nc(-c2ccsc2)sc1C(=O)N1CCN(Cc2csc(-c3ccccc3)n2)CC1. The van der Waals surface area contributed by atoms with Gasteiger partial charge >= 0.3 is 0 Å². The highest BCUT2D eigenvalue weighted by Crippen LogP contribution is 2.30. The van der Waals surface area contributed by atoms with E-state index in [1.807, 2.05) is 35.4 Å². The molecule has 0 aliphatic carbocycles. The van der Waals surface area contributed by atoms with Crippen molar-refractivity contribution in [2.45, 2.75) is 13.5 Å². The minimum atomic E-state index is 0.108. The minimum absolute atomic E-state index is 0.108. The number of hydrogen-bond acceptors (Lipinski definition) is 7. The average Bonchev–Trinajstić information content (AvgIpc) is 3.56. The van der Waals surface area contributed by atoms with Crippen molar-refractivity contribution in [2.75, 3.05) is 26.2 Å². The highest BCUT2D eigenvalue weighted by molar-refractivity contribution is 7.17. The molecule has 0 radical (unpaired) electrons. The van der Waals surface area contributed by atoms with Gasteiger partial charge in [-0.05, 0) is 18.4 Å². The monoisotopic (exact) mass is 466 g/mol. The molecule has 5 rings (SSSR count). The van der Waals surface area contributed by atoms with Gasteiger partial charge in [-0.25, -0.2) is 9.97 Å². The summed E-state index contributed by atoms with van der Waals surface area (Å²) in [4.78, 5) is 27.6. The van der Waals surface area contributed by atoms with E-state index in [9.17, 15) is 4.79 Å². The smallest absolute Gasteiger partial charge is 0.265 e. The summed E-state index contributed by atoms with van der Waals surface area (Å²) in [7, 11) is 0. The van der Waals surface area contributed by atoms with E-state index in [1.165, 1.54) is 11.3 Å². The zero-order valence-electron chi connectivity index (χ0n) is 17.2. The van der Waals surface area contributed by atoms with Gasteiger partial charge in [-0.2, -0.15) is 11.3 Å². The van der Waals surface area contributed by atoms with Crippen molar-refractivity contribution in [1.29, 1.82) is 0 Å². The lowest BCUT2D eigenvalue weighted by molar-refractivity contribution is 0.0631. The lowest BCUT2D eigenvalue weighted by Crippen LogP contribution is -2.48. The molecule has 1 fully saturated rings. The number of carbonyl (C=O) groups excluding carboxylic acids is 1. The number of benzene rings is 1. The Balaban J connectivity index is 1.19. The Morgan fingerprint density at radius 1 is 0.968 bits per heavy atom. The average molecular weight is 467 g/mol. The van der Waals surface area contributed by atoms with Crippen molar-refractivity contribution in [3.05, 3.63) is 68.8 Å². The van der Waals surface area contributed by atoms with Gasteiger partial charge in [0.05, 0.1) is 11.4 Å². The molecule has 4 aromatic rings. The predicted molar refractivity (Wildman–Crippen MR) is 129 cm³/mol. The maximum Gasteiger partial charge on any atom is 0.265 e. The maximum atomic E-state index is 13.1. The molecular formula is C23H22N4OS3. The van der Waals surface area contributed by atoms with E-state index in [0.717, 1.165) is 70.1 Å². The van der Waals surface area contributed by atoms with Gasteiger partial charge in [-0.1, -0.05) is 30.3 Å². The van der Waals surface area contributed by atoms with E-state index in [0.29, 0.717) is 0 Å². The summed E-state index contributed by atoms with van der Waals surface area (Å²) < 4.78 is 0. The molecule has 1 amide bonds. The van der Waals surface area contributed by atoms with Crippen LogP contribution < -0.4 is 0 Å². The number of rotatable bonds is 5. The minimum Gasteiger partial charge on any atom is -0.335 e. The highest BCUT2D eigenvalue weighted by Gasteiger charge is 2.26. The van der Waals surface area contributed by atoms with Gasteiger partial charge in [0.15, 0.2) is 0 Å². The number of amides is 1. The lowest BCUT2D eigenvalue weighted by Gasteiger charge is -2.34. The van der Waals surface area contributed by atoms with E-state index < -0.39 is 0 Å². The zero-order valence-corrected chi connectivity index (χ0v) is 19.6. The Kier molecular flexibility index (Phi) is 5.95. The molecule has 0 saturated carbocycles. The van der Waals surface area contributed by atoms with E-state index in [2.05, 4.69) is 38.8 Å². The third kappa shape index (κ3) is 4.48. The topological polar surface area (TPSA) is 49.3 Å². The zero-order chi connectivity index (χ0) is 21.2. The van der Waals surface area contributed by atoms with Gasteiger partial charge < -0.3 is 4.90 Å². The molecule has 0 spiro atoms. The van der Waals surface area contributed by atoms with Crippen molar-refractivity contribution in [3.8, 4) is 21.1 Å². The second-order valence-corrected chi connectivity index (χ2v) is 10.2. The molecule has 5 nitrogen and oxygen atoms in total. The number of thiazole rings is 2.